The SMILES string of the molecule is CC/C=C\C/C=C\C/C=C\C/C=C\C/C=C\C/C=C\CCCCCCCCC(=O)OC(COC(=O)CCCCCCCCCCC/C=C\C/C=C\CCCCCCC)COP(=O)(O)OCC[N+](C)(C)C. The molecule has 0 aromatic rings. The summed E-state index contributed by atoms with van der Waals surface area (Å²) in [7, 11) is 1.45. The van der Waals surface area contributed by atoms with E-state index in [0.29, 0.717) is 17.4 Å². The molecule has 0 aromatic carbocycles. The van der Waals surface area contributed by atoms with Gasteiger partial charge >= 0.3 is 19.8 Å². The second-order valence-corrected chi connectivity index (χ2v) is 21.0. The van der Waals surface area contributed by atoms with Crippen LogP contribution >= 0.6 is 7.82 Å². The number of carbonyl (C=O) groups excluding carboxylic acids is 2. The maximum absolute atomic E-state index is 12.8. The van der Waals surface area contributed by atoms with Crippen molar-refractivity contribution < 1.29 is 42.1 Å². The first-order valence-corrected chi connectivity index (χ1v) is 29.5. The van der Waals surface area contributed by atoms with Crippen molar-refractivity contribution in [1.29, 1.82) is 0 Å². The highest BCUT2D eigenvalue weighted by molar-refractivity contribution is 7.47. The summed E-state index contributed by atoms with van der Waals surface area (Å²) in [4.78, 5) is 35.7. The van der Waals surface area contributed by atoms with E-state index in [1.807, 2.05) is 21.1 Å². The van der Waals surface area contributed by atoms with Crippen molar-refractivity contribution in [2.75, 3.05) is 47.5 Å². The summed E-state index contributed by atoms with van der Waals surface area (Å²) in [6, 6.07) is 0. The quantitative estimate of drug-likeness (QED) is 0.0211. The lowest BCUT2D eigenvalue weighted by molar-refractivity contribution is -0.870. The molecule has 0 amide bonds. The third-order valence-electron chi connectivity index (χ3n) is 11.6. The second-order valence-electron chi connectivity index (χ2n) is 19.6. The molecule has 0 aliphatic heterocycles. The highest BCUT2D eigenvalue weighted by Gasteiger charge is 2.27. The Hall–Kier alpha value is -3.07. The van der Waals surface area contributed by atoms with Crippen LogP contribution in [0.3, 0.4) is 0 Å². The number of hydrogen-bond donors (Lipinski definition) is 1. The van der Waals surface area contributed by atoms with Crippen LogP contribution in [0.4, 0.5) is 0 Å². The van der Waals surface area contributed by atoms with Crippen LogP contribution in [0.15, 0.2) is 97.2 Å². The van der Waals surface area contributed by atoms with Gasteiger partial charge in [0.2, 0.25) is 0 Å². The molecule has 2 atom stereocenters. The average molecular weight is 999 g/mol. The summed E-state index contributed by atoms with van der Waals surface area (Å²) in [6.07, 6.45) is 68.9. The fraction of sp³-hybridized carbons (Fsp3) is 0.700. The highest BCUT2D eigenvalue weighted by atomic mass is 31.2. The molecule has 0 bridgehead atoms. The van der Waals surface area contributed by atoms with Gasteiger partial charge in [-0.15, -0.1) is 0 Å². The number of ether oxygens (including phenoxy) is 2. The standard InChI is InChI=1S/C60H104NO8P/c1-6-8-10-12-14-16-18-20-22-24-26-28-29-30-31-33-35-37-39-41-43-45-47-49-51-53-60(63)69-58(57-68-70(64,65)67-55-54-61(3,4)5)56-66-59(62)52-50-48-46-44-42-40-38-36-34-32-27-25-23-21-19-17-15-13-11-9-7-2/h8,10,14,16,19-22,25-28,30-31,35,37,58H,6-7,9,11-13,15,17-18,23-24,29,32-34,36,38-57H2,1-5H3/p+1/b10-8-,16-14-,21-19-,22-20-,27-25-,28-26-,31-30-,37-35-. The Morgan fingerprint density at radius 2 is 0.814 bits per heavy atom. The van der Waals surface area contributed by atoms with Crippen LogP contribution in [0.2, 0.25) is 0 Å². The maximum Gasteiger partial charge on any atom is 0.472 e. The number of rotatable bonds is 50. The van der Waals surface area contributed by atoms with Crippen molar-refractivity contribution in [3.63, 3.8) is 0 Å². The Balaban J connectivity index is 4.27. The van der Waals surface area contributed by atoms with E-state index >= 15 is 0 Å². The molecular weight excluding hydrogens is 894 g/mol. The number of phosphoric acid groups is 1. The van der Waals surface area contributed by atoms with E-state index in [1.165, 1.54) is 83.5 Å². The van der Waals surface area contributed by atoms with E-state index in [4.69, 9.17) is 18.5 Å². The highest BCUT2D eigenvalue weighted by Crippen LogP contribution is 2.43. The number of hydrogen-bond acceptors (Lipinski definition) is 7. The van der Waals surface area contributed by atoms with E-state index in [2.05, 4.69) is 111 Å². The third-order valence-corrected chi connectivity index (χ3v) is 12.6. The molecule has 0 aliphatic carbocycles. The van der Waals surface area contributed by atoms with Gasteiger partial charge in [0.25, 0.3) is 0 Å². The molecule has 1 N–H and O–H groups in total. The zero-order chi connectivity index (χ0) is 51.3. The summed E-state index contributed by atoms with van der Waals surface area (Å²) in [5, 5.41) is 0. The number of carbonyl (C=O) groups is 2. The number of allylic oxidation sites excluding steroid dienone is 16. The Labute approximate surface area is 430 Å². The van der Waals surface area contributed by atoms with E-state index in [1.54, 1.807) is 0 Å². The fourth-order valence-corrected chi connectivity index (χ4v) is 8.02. The van der Waals surface area contributed by atoms with Gasteiger partial charge in [-0.3, -0.25) is 18.6 Å². The summed E-state index contributed by atoms with van der Waals surface area (Å²) in [5.74, 6) is -0.823. The Morgan fingerprint density at radius 3 is 1.21 bits per heavy atom. The van der Waals surface area contributed by atoms with Gasteiger partial charge in [0.1, 0.15) is 19.8 Å². The van der Waals surface area contributed by atoms with Crippen LogP contribution in [0.5, 0.6) is 0 Å². The molecule has 70 heavy (non-hydrogen) atoms. The third kappa shape index (κ3) is 54.3. The van der Waals surface area contributed by atoms with Gasteiger partial charge < -0.3 is 18.9 Å². The first-order valence-electron chi connectivity index (χ1n) is 28.0. The molecule has 0 spiro atoms. The second kappa shape index (κ2) is 50.9. The molecule has 402 valence electrons. The predicted octanol–water partition coefficient (Wildman–Crippen LogP) is 17.3. The molecule has 2 unspecified atom stereocenters. The van der Waals surface area contributed by atoms with Crippen molar-refractivity contribution in [3.8, 4) is 0 Å². The number of quaternary nitrogens is 1. The van der Waals surface area contributed by atoms with E-state index in [9.17, 15) is 19.0 Å². The monoisotopic (exact) mass is 999 g/mol. The number of esters is 2. The van der Waals surface area contributed by atoms with Gasteiger partial charge in [-0.2, -0.15) is 0 Å². The normalized spacial score (nSPS) is 14.1. The topological polar surface area (TPSA) is 108 Å². The Bertz CT molecular complexity index is 1500. The van der Waals surface area contributed by atoms with Crippen molar-refractivity contribution in [1.82, 2.24) is 0 Å². The number of phosphoric ester groups is 1. The summed E-state index contributed by atoms with van der Waals surface area (Å²) in [5.41, 5.74) is 0. The van der Waals surface area contributed by atoms with Crippen LogP contribution in [0, 0.1) is 0 Å². The first kappa shape index (κ1) is 66.9. The molecular formula is C60H105NO8P+. The molecule has 0 saturated carbocycles. The van der Waals surface area contributed by atoms with Gasteiger partial charge in [-0.05, 0) is 96.3 Å². The minimum absolute atomic E-state index is 0.0227. The lowest BCUT2D eigenvalue weighted by Crippen LogP contribution is -2.37. The average Bonchev–Trinajstić information content (AvgIpc) is 3.32. The van der Waals surface area contributed by atoms with Crippen molar-refractivity contribution in [2.45, 2.75) is 225 Å². The van der Waals surface area contributed by atoms with E-state index in [-0.39, 0.29) is 32.0 Å². The van der Waals surface area contributed by atoms with E-state index < -0.39 is 26.5 Å². The number of unbranched alkanes of at least 4 members (excludes halogenated alkanes) is 20. The van der Waals surface area contributed by atoms with Crippen molar-refractivity contribution >= 4 is 19.8 Å². The molecule has 9 nitrogen and oxygen atoms in total. The van der Waals surface area contributed by atoms with Gasteiger partial charge in [0, 0.05) is 12.8 Å². The molecule has 0 aliphatic rings. The lowest BCUT2D eigenvalue weighted by atomic mass is 10.1. The molecule has 0 heterocycles. The molecule has 0 fully saturated rings. The predicted molar refractivity (Wildman–Crippen MR) is 298 cm³/mol. The summed E-state index contributed by atoms with van der Waals surface area (Å²) in [6.45, 7) is 4.28. The van der Waals surface area contributed by atoms with Gasteiger partial charge in [-0.25, -0.2) is 4.57 Å². The molecule has 0 radical (unpaired) electrons. The number of nitrogens with zero attached hydrogens (tertiary/aromatic N) is 1. The van der Waals surface area contributed by atoms with Crippen LogP contribution < -0.4 is 0 Å². The van der Waals surface area contributed by atoms with Gasteiger partial charge in [0.15, 0.2) is 6.10 Å². The molecule has 10 heteroatoms. The Morgan fingerprint density at radius 1 is 0.457 bits per heavy atom. The van der Waals surface area contributed by atoms with Crippen LogP contribution in [0.1, 0.15) is 219 Å². The zero-order valence-electron chi connectivity index (χ0n) is 45.5. The minimum atomic E-state index is -4.40. The van der Waals surface area contributed by atoms with Crippen LogP contribution in [0.25, 0.3) is 0 Å². The first-order chi connectivity index (χ1) is 34.0. The van der Waals surface area contributed by atoms with Gasteiger partial charge in [0.05, 0.1) is 27.7 Å². The van der Waals surface area contributed by atoms with Gasteiger partial charge in [-0.1, -0.05) is 207 Å². The lowest BCUT2D eigenvalue weighted by Gasteiger charge is -2.24. The zero-order valence-corrected chi connectivity index (χ0v) is 46.4. The molecule has 0 rings (SSSR count). The molecule has 0 saturated heterocycles. The fourth-order valence-electron chi connectivity index (χ4n) is 7.28. The van der Waals surface area contributed by atoms with Crippen LogP contribution in [-0.2, 0) is 32.7 Å². The minimum Gasteiger partial charge on any atom is -0.462 e. The largest absolute Gasteiger partial charge is 0.472 e. The summed E-state index contributed by atoms with van der Waals surface area (Å²) >= 11 is 0. The van der Waals surface area contributed by atoms with Crippen molar-refractivity contribution in [2.24, 2.45) is 0 Å². The Kier molecular flexibility index (Phi) is 48.6. The molecule has 0 aromatic heterocycles. The maximum atomic E-state index is 12.8. The summed E-state index contributed by atoms with van der Waals surface area (Å²) < 4.78 is 34.5. The smallest absolute Gasteiger partial charge is 0.462 e. The van der Waals surface area contributed by atoms with E-state index in [0.717, 1.165) is 103 Å². The number of likely N-dealkylation sites (N-methyl/N-ethyl adjacent to an activating group) is 1. The van der Waals surface area contributed by atoms with Crippen LogP contribution in [-0.4, -0.2) is 74.9 Å². The van der Waals surface area contributed by atoms with Crippen molar-refractivity contribution in [3.05, 3.63) is 97.2 Å².